The summed E-state index contributed by atoms with van der Waals surface area (Å²) in [6.45, 7) is 5.76. The van der Waals surface area contributed by atoms with E-state index in [9.17, 15) is 37.5 Å². The number of carbonyl (C=O) groups is 5. The predicted octanol–water partition coefficient (Wildman–Crippen LogP) is -5.28. The Bertz CT molecular complexity index is 1500. The summed E-state index contributed by atoms with van der Waals surface area (Å²) in [5.41, 5.74) is 11.3. The molecule has 11 N–H and O–H groups in total. The number of thioether (sulfide) groups is 2. The molecule has 1 aliphatic heterocycles. The maximum absolute atomic E-state index is 13.9. The van der Waals surface area contributed by atoms with Crippen LogP contribution < -0.4 is 78.0 Å². The van der Waals surface area contributed by atoms with Crippen LogP contribution in [-0.2, 0) is 40.5 Å². The number of nitrogens with two attached hydrogens (primary N) is 2. The fourth-order valence-electron chi connectivity index (χ4n) is 4.83. The maximum atomic E-state index is 13.9. The summed E-state index contributed by atoms with van der Waals surface area (Å²) in [5, 5.41) is 28.1. The maximum Gasteiger partial charge on any atom is 1.00 e. The molecule has 1 aromatic carbocycles. The first kappa shape index (κ1) is 48.4. The van der Waals surface area contributed by atoms with Gasteiger partial charge in [0.1, 0.15) is 23.6 Å². The number of benzene rings is 1. The van der Waals surface area contributed by atoms with Gasteiger partial charge in [0.05, 0.1) is 18.3 Å². The molecule has 0 radical (unpaired) electrons. The number of amides is 4. The van der Waals surface area contributed by atoms with Gasteiger partial charge in [0.2, 0.25) is 28.7 Å². The second-order valence-corrected chi connectivity index (χ2v) is 16.4. The molecule has 1 aromatic rings. The van der Waals surface area contributed by atoms with E-state index in [0.717, 1.165) is 12.3 Å². The average Bonchev–Trinajstić information content (AvgIpc) is 3.57. The number of nitrogens with one attached hydrogen (secondary N) is 6. The van der Waals surface area contributed by atoms with E-state index in [4.69, 9.17) is 16.0 Å². The van der Waals surface area contributed by atoms with Crippen LogP contribution in [-0.4, -0.2) is 114 Å². The molecule has 1 fully saturated rings. The molecule has 2 rings (SSSR count). The molecule has 22 heteroatoms. The zero-order valence-corrected chi connectivity index (χ0v) is 34.8. The summed E-state index contributed by atoms with van der Waals surface area (Å²) < 4.78 is 30.5. The Balaban J connectivity index is 0.0000140. The summed E-state index contributed by atoms with van der Waals surface area (Å²) in [5.74, 6) is -2.80. The van der Waals surface area contributed by atoms with Crippen LogP contribution in [0.4, 0.5) is 0 Å². The standard InChI is InChI=1S/C31H51N9O9S3.Na/c1-18(2)15-23(40-31-35-11-12-51-31)28(45)39-24(16-20-6-8-21(41)9-7-20)29(46)38-22(5-4-10-34-30(32)33)27(44)37-19(3)26(43)36-17-25(42)50-13-14-52(47,48)49;/h6-9,18-19,22-24,31,35,40-41H,4-5,10-17H2,1-3H3,(H,36,43)(H,37,44)(H,38,46)(H,39,45)(H4,32,33,34)(H,47,48,49);/q;+1/p-1/t19-,22-,23-,24-,31?;/m0./s1. The predicted molar refractivity (Wildman–Crippen MR) is 198 cm³/mol. The Hall–Kier alpha value is -2.63. The third-order valence-corrected chi connectivity index (χ3v) is 10.4. The first-order valence-corrected chi connectivity index (χ1v) is 20.3. The molecule has 53 heavy (non-hydrogen) atoms. The second kappa shape index (κ2) is 24.7. The van der Waals surface area contributed by atoms with Gasteiger partial charge >= 0.3 is 29.6 Å². The first-order valence-electron chi connectivity index (χ1n) is 16.7. The van der Waals surface area contributed by atoms with Gasteiger partial charge in [-0.1, -0.05) is 49.9 Å². The van der Waals surface area contributed by atoms with Crippen LogP contribution in [0.5, 0.6) is 5.75 Å². The molecule has 1 saturated heterocycles. The first-order chi connectivity index (χ1) is 24.4. The number of rotatable bonds is 22. The van der Waals surface area contributed by atoms with Crippen molar-refractivity contribution in [3.05, 3.63) is 29.8 Å². The number of hydrogen-bond acceptors (Lipinski definition) is 13. The molecule has 0 aromatic heterocycles. The van der Waals surface area contributed by atoms with Crippen LogP contribution in [0, 0.1) is 5.92 Å². The molecule has 1 aliphatic rings. The summed E-state index contributed by atoms with van der Waals surface area (Å²) in [4.78, 5) is 69.7. The fraction of sp³-hybridized carbons (Fsp3) is 0.613. The molecular formula is C31H50N9NaO9S3. The van der Waals surface area contributed by atoms with Crippen molar-refractivity contribution < 1.29 is 71.6 Å². The molecule has 0 aliphatic carbocycles. The van der Waals surface area contributed by atoms with E-state index in [1.54, 1.807) is 23.9 Å². The second-order valence-electron chi connectivity index (χ2n) is 12.4. The molecule has 0 bridgehead atoms. The van der Waals surface area contributed by atoms with Gasteiger partial charge in [-0.3, -0.25) is 44.2 Å². The van der Waals surface area contributed by atoms with Gasteiger partial charge in [-0.2, -0.15) is 8.42 Å². The van der Waals surface area contributed by atoms with E-state index in [-0.39, 0.29) is 84.2 Å². The molecule has 5 atom stereocenters. The SMILES string of the molecule is CC(C)C[C@H](NC1NCCS1)C(=O)N[C@@H](Cc1ccc([O-])cc1)C(=O)N[C@@H](CCCN=C(N)N)C(=O)N[C@@H](C)C(=O)NCC(=O)SCCS(=O)(=O)O.[Na+]. The quantitative estimate of drug-likeness (QED) is 0.0174. The third kappa shape index (κ3) is 20.6. The Labute approximate surface area is 340 Å². The number of hydrogen-bond donors (Lipinski definition) is 9. The minimum Gasteiger partial charge on any atom is -0.872 e. The normalized spacial score (nSPS) is 16.3. The van der Waals surface area contributed by atoms with Crippen LogP contribution in [0.3, 0.4) is 0 Å². The summed E-state index contributed by atoms with van der Waals surface area (Å²) in [6, 6.07) is 1.61. The topological polar surface area (TPSA) is 299 Å². The number of nitrogens with zero attached hydrogens (tertiary/aromatic N) is 1. The molecule has 0 spiro atoms. The molecule has 4 amide bonds. The summed E-state index contributed by atoms with van der Waals surface area (Å²) in [7, 11) is -4.25. The third-order valence-electron chi connectivity index (χ3n) is 7.43. The van der Waals surface area contributed by atoms with Crippen molar-refractivity contribution >= 4 is 68.3 Å². The molecule has 1 heterocycles. The van der Waals surface area contributed by atoms with Gasteiger partial charge < -0.3 is 37.8 Å². The molecular weight excluding hydrogens is 762 g/mol. The van der Waals surface area contributed by atoms with Gasteiger partial charge in [-0.25, -0.2) is 0 Å². The van der Waals surface area contributed by atoms with Crippen molar-refractivity contribution in [3.8, 4) is 5.75 Å². The van der Waals surface area contributed by atoms with Crippen LogP contribution in [0.2, 0.25) is 0 Å². The van der Waals surface area contributed by atoms with Gasteiger partial charge in [0.25, 0.3) is 10.1 Å². The molecule has 18 nitrogen and oxygen atoms in total. The van der Waals surface area contributed by atoms with Crippen LogP contribution in [0.25, 0.3) is 0 Å². The Morgan fingerprint density at radius 1 is 1.00 bits per heavy atom. The van der Waals surface area contributed by atoms with Gasteiger partial charge in [0, 0.05) is 31.0 Å². The number of carbonyl (C=O) groups excluding carboxylic acids is 5. The van der Waals surface area contributed by atoms with Crippen molar-refractivity contribution in [2.24, 2.45) is 22.4 Å². The summed E-state index contributed by atoms with van der Waals surface area (Å²) >= 11 is 2.23. The fourth-order valence-corrected chi connectivity index (χ4v) is 7.37. The van der Waals surface area contributed by atoms with E-state index in [1.807, 2.05) is 13.8 Å². The van der Waals surface area contributed by atoms with E-state index in [1.165, 1.54) is 19.1 Å². The average molecular weight is 812 g/mol. The van der Waals surface area contributed by atoms with Crippen LogP contribution in [0.15, 0.2) is 29.3 Å². The monoisotopic (exact) mass is 811 g/mol. The minimum atomic E-state index is -4.25. The van der Waals surface area contributed by atoms with E-state index >= 15 is 0 Å². The Morgan fingerprint density at radius 2 is 1.62 bits per heavy atom. The van der Waals surface area contributed by atoms with Crippen molar-refractivity contribution in [2.45, 2.75) is 76.1 Å². The largest absolute Gasteiger partial charge is 1.00 e. The number of aliphatic imine (C=N–C) groups is 1. The van der Waals surface area contributed by atoms with Crippen molar-refractivity contribution in [3.63, 3.8) is 0 Å². The van der Waals surface area contributed by atoms with Crippen LogP contribution >= 0.6 is 23.5 Å². The van der Waals surface area contributed by atoms with Gasteiger partial charge in [-0.05, 0) is 37.7 Å². The molecule has 1 unspecified atom stereocenters. The van der Waals surface area contributed by atoms with Crippen LogP contribution in [0.1, 0.15) is 45.6 Å². The summed E-state index contributed by atoms with van der Waals surface area (Å²) in [6.07, 6.45) is 0.772. The molecule has 0 saturated carbocycles. The number of guanidine groups is 1. The van der Waals surface area contributed by atoms with Gasteiger partial charge in [0.15, 0.2) is 5.96 Å². The zero-order valence-electron chi connectivity index (χ0n) is 30.4. The minimum absolute atomic E-state index is 0. The van der Waals surface area contributed by atoms with Crippen molar-refractivity contribution in [1.82, 2.24) is 31.9 Å². The molecule has 292 valence electrons. The van der Waals surface area contributed by atoms with E-state index < -0.39 is 75.3 Å². The zero-order chi connectivity index (χ0) is 38.8. The Kier molecular flexibility index (Phi) is 22.6. The van der Waals surface area contributed by atoms with E-state index in [0.29, 0.717) is 23.7 Å². The van der Waals surface area contributed by atoms with Crippen molar-refractivity contribution in [2.75, 3.05) is 36.9 Å². The van der Waals surface area contributed by atoms with E-state index in [2.05, 4.69) is 36.9 Å². The van der Waals surface area contributed by atoms with Crippen molar-refractivity contribution in [1.29, 1.82) is 0 Å². The Morgan fingerprint density at radius 3 is 2.21 bits per heavy atom. The van der Waals surface area contributed by atoms with Gasteiger partial charge in [-0.15, -0.1) is 17.5 Å². The smallest absolute Gasteiger partial charge is 0.872 e.